The third kappa shape index (κ3) is 1.55. The van der Waals surface area contributed by atoms with Crippen molar-refractivity contribution in [2.75, 3.05) is 11.4 Å². The molecular weight excluding hydrogens is 214 g/mol. The van der Waals surface area contributed by atoms with Crippen LogP contribution in [0.2, 0.25) is 0 Å². The van der Waals surface area contributed by atoms with Crippen LogP contribution in [0, 0.1) is 0 Å². The Balaban J connectivity index is 2.05. The van der Waals surface area contributed by atoms with Crippen molar-refractivity contribution in [2.24, 2.45) is 0 Å². The van der Waals surface area contributed by atoms with E-state index < -0.39 is 0 Å². The van der Waals surface area contributed by atoms with Crippen LogP contribution in [0.3, 0.4) is 0 Å². The van der Waals surface area contributed by atoms with Gasteiger partial charge in [0.15, 0.2) is 0 Å². The Bertz CT molecular complexity index is 558. The van der Waals surface area contributed by atoms with Crippen LogP contribution in [-0.2, 0) is 11.2 Å². The first-order valence-corrected chi connectivity index (χ1v) is 5.76. The average Bonchev–Trinajstić information content (AvgIpc) is 2.93. The molecule has 1 aromatic carbocycles. The molecule has 3 heteroatoms. The molecule has 0 aliphatic carbocycles. The number of rotatable bonds is 2. The SMILES string of the molecule is CCN1C(=O)Cc2cc(-c3ccco3)ccc21. The predicted molar refractivity (Wildman–Crippen MR) is 65.9 cm³/mol. The van der Waals surface area contributed by atoms with Crippen molar-refractivity contribution in [1.29, 1.82) is 0 Å². The number of hydrogen-bond acceptors (Lipinski definition) is 2. The van der Waals surface area contributed by atoms with Gasteiger partial charge in [-0.05, 0) is 42.8 Å². The molecule has 0 N–H and O–H groups in total. The molecule has 1 aliphatic rings. The van der Waals surface area contributed by atoms with Gasteiger partial charge in [0.2, 0.25) is 5.91 Å². The molecule has 0 saturated heterocycles. The number of fused-ring (bicyclic) bond motifs is 1. The lowest BCUT2D eigenvalue weighted by Gasteiger charge is -2.14. The van der Waals surface area contributed by atoms with Gasteiger partial charge in [-0.3, -0.25) is 4.79 Å². The van der Waals surface area contributed by atoms with E-state index in [0.717, 1.165) is 29.1 Å². The summed E-state index contributed by atoms with van der Waals surface area (Å²) in [6, 6.07) is 9.84. The number of carbonyl (C=O) groups is 1. The lowest BCUT2D eigenvalue weighted by Crippen LogP contribution is -2.25. The second-order valence-corrected chi connectivity index (χ2v) is 4.14. The van der Waals surface area contributed by atoms with Crippen LogP contribution < -0.4 is 4.90 Å². The molecule has 0 fully saturated rings. The van der Waals surface area contributed by atoms with Crippen molar-refractivity contribution in [3.05, 3.63) is 42.2 Å². The Hall–Kier alpha value is -2.03. The van der Waals surface area contributed by atoms with Crippen LogP contribution in [0.5, 0.6) is 0 Å². The number of likely N-dealkylation sites (N-methyl/N-ethyl adjacent to an activating group) is 1. The first-order valence-electron chi connectivity index (χ1n) is 5.76. The maximum absolute atomic E-state index is 11.8. The fourth-order valence-corrected chi connectivity index (χ4v) is 2.33. The van der Waals surface area contributed by atoms with E-state index in [1.807, 2.05) is 42.2 Å². The standard InChI is InChI=1S/C14H13NO2/c1-2-15-12-6-5-10(13-4-3-7-17-13)8-11(12)9-14(15)16/h3-8H,2,9H2,1H3. The highest BCUT2D eigenvalue weighted by Gasteiger charge is 2.26. The molecule has 3 rings (SSSR count). The van der Waals surface area contributed by atoms with Crippen molar-refractivity contribution >= 4 is 11.6 Å². The van der Waals surface area contributed by atoms with Crippen LogP contribution in [0.15, 0.2) is 41.0 Å². The van der Waals surface area contributed by atoms with Crippen LogP contribution in [0.25, 0.3) is 11.3 Å². The monoisotopic (exact) mass is 227 g/mol. The quantitative estimate of drug-likeness (QED) is 0.790. The number of amides is 1. The molecule has 0 radical (unpaired) electrons. The molecule has 3 nitrogen and oxygen atoms in total. The summed E-state index contributed by atoms with van der Waals surface area (Å²) in [6.07, 6.45) is 2.16. The van der Waals surface area contributed by atoms with E-state index in [9.17, 15) is 4.79 Å². The van der Waals surface area contributed by atoms with Gasteiger partial charge in [-0.25, -0.2) is 0 Å². The number of furan rings is 1. The molecule has 2 aromatic rings. The summed E-state index contributed by atoms with van der Waals surface area (Å²) in [5, 5.41) is 0. The minimum Gasteiger partial charge on any atom is -0.464 e. The van der Waals surface area contributed by atoms with Gasteiger partial charge >= 0.3 is 0 Å². The first kappa shape index (κ1) is 10.1. The van der Waals surface area contributed by atoms with Gasteiger partial charge in [0.25, 0.3) is 0 Å². The largest absolute Gasteiger partial charge is 0.464 e. The molecule has 17 heavy (non-hydrogen) atoms. The summed E-state index contributed by atoms with van der Waals surface area (Å²) in [5.74, 6) is 1.02. The van der Waals surface area contributed by atoms with Crippen molar-refractivity contribution in [2.45, 2.75) is 13.3 Å². The Morgan fingerprint density at radius 1 is 1.35 bits per heavy atom. The van der Waals surface area contributed by atoms with Crippen molar-refractivity contribution in [1.82, 2.24) is 0 Å². The van der Waals surface area contributed by atoms with Gasteiger partial charge < -0.3 is 9.32 Å². The van der Waals surface area contributed by atoms with Gasteiger partial charge in [-0.15, -0.1) is 0 Å². The van der Waals surface area contributed by atoms with E-state index in [0.29, 0.717) is 6.42 Å². The number of anilines is 1. The molecule has 0 bridgehead atoms. The van der Waals surface area contributed by atoms with Gasteiger partial charge in [0.1, 0.15) is 5.76 Å². The Morgan fingerprint density at radius 2 is 2.24 bits per heavy atom. The average molecular weight is 227 g/mol. The van der Waals surface area contributed by atoms with Crippen LogP contribution in [-0.4, -0.2) is 12.5 Å². The molecule has 1 amide bonds. The zero-order chi connectivity index (χ0) is 11.8. The highest BCUT2D eigenvalue weighted by molar-refractivity contribution is 6.01. The number of hydrogen-bond donors (Lipinski definition) is 0. The third-order valence-corrected chi connectivity index (χ3v) is 3.13. The van der Waals surface area contributed by atoms with Gasteiger partial charge in [0.05, 0.1) is 12.7 Å². The zero-order valence-electron chi connectivity index (χ0n) is 9.64. The van der Waals surface area contributed by atoms with Gasteiger partial charge in [-0.1, -0.05) is 0 Å². The minimum atomic E-state index is 0.180. The summed E-state index contributed by atoms with van der Waals surface area (Å²) in [4.78, 5) is 13.6. The topological polar surface area (TPSA) is 33.5 Å². The third-order valence-electron chi connectivity index (χ3n) is 3.13. The smallest absolute Gasteiger partial charge is 0.231 e. The van der Waals surface area contributed by atoms with Crippen molar-refractivity contribution in [3.63, 3.8) is 0 Å². The zero-order valence-corrected chi connectivity index (χ0v) is 9.64. The van der Waals surface area contributed by atoms with E-state index in [2.05, 4.69) is 0 Å². The molecule has 1 aromatic heterocycles. The van der Waals surface area contributed by atoms with E-state index in [4.69, 9.17) is 4.42 Å². The Morgan fingerprint density at radius 3 is 2.94 bits per heavy atom. The summed E-state index contributed by atoms with van der Waals surface area (Å²) in [5.41, 5.74) is 3.15. The lowest BCUT2D eigenvalue weighted by molar-refractivity contribution is -0.117. The number of carbonyl (C=O) groups excluding carboxylic acids is 1. The molecule has 0 spiro atoms. The number of benzene rings is 1. The van der Waals surface area contributed by atoms with Crippen LogP contribution >= 0.6 is 0 Å². The summed E-state index contributed by atoms with van der Waals surface area (Å²) < 4.78 is 5.36. The molecule has 0 atom stereocenters. The van der Waals surface area contributed by atoms with Gasteiger partial charge in [0, 0.05) is 17.8 Å². The highest BCUT2D eigenvalue weighted by atomic mass is 16.3. The predicted octanol–water partition coefficient (Wildman–Crippen LogP) is 2.86. The molecule has 1 aliphatic heterocycles. The molecule has 86 valence electrons. The van der Waals surface area contributed by atoms with Crippen LogP contribution in [0.1, 0.15) is 12.5 Å². The van der Waals surface area contributed by atoms with Crippen molar-refractivity contribution in [3.8, 4) is 11.3 Å². The second-order valence-electron chi connectivity index (χ2n) is 4.14. The van der Waals surface area contributed by atoms with Crippen molar-refractivity contribution < 1.29 is 9.21 Å². The highest BCUT2D eigenvalue weighted by Crippen LogP contribution is 2.32. The van der Waals surface area contributed by atoms with E-state index in [-0.39, 0.29) is 5.91 Å². The maximum atomic E-state index is 11.8. The maximum Gasteiger partial charge on any atom is 0.231 e. The van der Waals surface area contributed by atoms with E-state index >= 15 is 0 Å². The number of nitrogens with zero attached hydrogens (tertiary/aromatic N) is 1. The molecular formula is C14H13NO2. The Labute approximate surface area is 99.7 Å². The van der Waals surface area contributed by atoms with Crippen LogP contribution in [0.4, 0.5) is 5.69 Å². The molecule has 2 heterocycles. The Kier molecular flexibility index (Phi) is 2.25. The second kappa shape index (κ2) is 3.77. The summed E-state index contributed by atoms with van der Waals surface area (Å²) >= 11 is 0. The molecule has 0 unspecified atom stereocenters. The van der Waals surface area contributed by atoms with E-state index in [1.165, 1.54) is 0 Å². The summed E-state index contributed by atoms with van der Waals surface area (Å²) in [6.45, 7) is 2.72. The summed E-state index contributed by atoms with van der Waals surface area (Å²) in [7, 11) is 0. The lowest BCUT2D eigenvalue weighted by atomic mass is 10.1. The fourth-order valence-electron chi connectivity index (χ4n) is 2.33. The molecule has 0 saturated carbocycles. The van der Waals surface area contributed by atoms with Gasteiger partial charge in [-0.2, -0.15) is 0 Å². The van der Waals surface area contributed by atoms with E-state index in [1.54, 1.807) is 6.26 Å². The minimum absolute atomic E-state index is 0.180. The first-order chi connectivity index (χ1) is 8.29. The fraction of sp³-hybridized carbons (Fsp3) is 0.214. The normalized spacial score (nSPS) is 14.2.